The third-order valence-corrected chi connectivity index (χ3v) is 1.74. The van der Waals surface area contributed by atoms with Crippen molar-refractivity contribution in [2.24, 2.45) is 0 Å². The van der Waals surface area contributed by atoms with E-state index in [9.17, 15) is 9.59 Å². The Hall–Kier alpha value is -2.00. The van der Waals surface area contributed by atoms with E-state index in [0.717, 1.165) is 0 Å². The van der Waals surface area contributed by atoms with Crippen molar-refractivity contribution >= 4 is 11.9 Å². The van der Waals surface area contributed by atoms with Crippen LogP contribution in [0.5, 0.6) is 0 Å². The van der Waals surface area contributed by atoms with Gasteiger partial charge in [0.1, 0.15) is 0 Å². The fourth-order valence-corrected chi connectivity index (χ4v) is 0.755. The molecule has 0 amide bonds. The largest absolute Gasteiger partial charge is 0.478 e. The minimum atomic E-state index is -1.06. The summed E-state index contributed by atoms with van der Waals surface area (Å²) in [4.78, 5) is 20.7. The van der Waals surface area contributed by atoms with E-state index < -0.39 is 18.0 Å². The predicted molar refractivity (Wildman–Crippen MR) is 73.3 cm³/mol. The first-order valence-electron chi connectivity index (χ1n) is 5.87. The van der Waals surface area contributed by atoms with E-state index in [1.54, 1.807) is 0 Å². The minimum absolute atomic E-state index is 0.0833. The highest BCUT2D eigenvalue weighted by molar-refractivity contribution is 5.91. The maximum absolute atomic E-state index is 10.3. The predicted octanol–water partition coefficient (Wildman–Crippen LogP) is -0.587. The van der Waals surface area contributed by atoms with E-state index in [0.29, 0.717) is 0 Å². The quantitative estimate of drug-likeness (QED) is 0.431. The maximum Gasteiger partial charge on any atom is 0.335 e. The van der Waals surface area contributed by atoms with E-state index in [1.807, 2.05) is 0 Å². The van der Waals surface area contributed by atoms with Gasteiger partial charge < -0.3 is 30.6 Å². The number of aliphatic hydroxyl groups excluding tert-OH is 4. The van der Waals surface area contributed by atoms with Crippen LogP contribution in [0.25, 0.3) is 0 Å². The number of aromatic carboxylic acids is 2. The molecule has 0 spiro atoms. The molecule has 6 N–H and O–H groups in total. The van der Waals surface area contributed by atoms with E-state index >= 15 is 0 Å². The molecule has 0 aromatic heterocycles. The van der Waals surface area contributed by atoms with Gasteiger partial charge in [0.25, 0.3) is 0 Å². The van der Waals surface area contributed by atoms with Crippen LogP contribution >= 0.6 is 0 Å². The van der Waals surface area contributed by atoms with Crippen LogP contribution < -0.4 is 0 Å². The summed E-state index contributed by atoms with van der Waals surface area (Å²) in [6, 6.07) is 5.02. The molecule has 1 aromatic carbocycles. The average Bonchev–Trinajstić information content (AvgIpc) is 2.48. The van der Waals surface area contributed by atoms with Gasteiger partial charge in [-0.15, -0.1) is 0 Å². The zero-order chi connectivity index (χ0) is 16.8. The van der Waals surface area contributed by atoms with Crippen molar-refractivity contribution < 1.29 is 40.2 Å². The van der Waals surface area contributed by atoms with Crippen molar-refractivity contribution in [1.29, 1.82) is 0 Å². The Morgan fingerprint density at radius 3 is 1.24 bits per heavy atom. The fourth-order valence-electron chi connectivity index (χ4n) is 0.755. The number of carboxylic acids is 2. The summed E-state index contributed by atoms with van der Waals surface area (Å²) in [5, 5.41) is 48.2. The molecule has 21 heavy (non-hydrogen) atoms. The lowest BCUT2D eigenvalue weighted by atomic mass is 10.1. The summed E-state index contributed by atoms with van der Waals surface area (Å²) in [5.41, 5.74) is 0.167. The summed E-state index contributed by atoms with van der Waals surface area (Å²) in [6.45, 7) is 1.14. The molecule has 0 heterocycles. The third kappa shape index (κ3) is 12.8. The van der Waals surface area contributed by atoms with Crippen molar-refractivity contribution in [3.63, 3.8) is 0 Å². The first-order chi connectivity index (χ1) is 9.79. The Morgan fingerprint density at radius 2 is 1.14 bits per heavy atom. The summed E-state index contributed by atoms with van der Waals surface area (Å²) >= 11 is 0. The summed E-state index contributed by atoms with van der Waals surface area (Å²) in [6.07, 6.45) is -0.560. The molecule has 1 aromatic rings. The van der Waals surface area contributed by atoms with Gasteiger partial charge >= 0.3 is 11.9 Å². The van der Waals surface area contributed by atoms with E-state index in [2.05, 4.69) is 0 Å². The van der Waals surface area contributed by atoms with Gasteiger partial charge in [0.2, 0.25) is 0 Å². The van der Waals surface area contributed by atoms with Crippen LogP contribution in [0.4, 0.5) is 0 Å². The van der Waals surface area contributed by atoms with Crippen LogP contribution in [-0.4, -0.2) is 68.5 Å². The molecule has 0 aliphatic heterocycles. The van der Waals surface area contributed by atoms with Gasteiger partial charge in [-0.2, -0.15) is 0 Å². The number of aliphatic hydroxyl groups is 4. The van der Waals surface area contributed by atoms with E-state index in [4.69, 9.17) is 30.6 Å². The van der Waals surface area contributed by atoms with Gasteiger partial charge in [-0.05, 0) is 31.2 Å². The first kappa shape index (κ1) is 21.3. The standard InChI is InChI=1S/C8H6O4.C3H8O2.C2H6O2/c9-7(10)5-1-2-6(4-3-5)8(11)12;1-3(5)2-4;3-1-2-4/h1-4H,(H,9,10)(H,11,12);3-5H,2H2,1H3;3-4H,1-2H2. The lowest BCUT2D eigenvalue weighted by Gasteiger charge is -1.94. The molecule has 0 aliphatic carbocycles. The number of hydrogen-bond acceptors (Lipinski definition) is 6. The van der Waals surface area contributed by atoms with Gasteiger partial charge in [0.15, 0.2) is 0 Å². The summed E-state index contributed by atoms with van der Waals surface area (Å²) in [5.74, 6) is -2.13. The number of rotatable bonds is 4. The average molecular weight is 304 g/mol. The van der Waals surface area contributed by atoms with E-state index in [1.165, 1.54) is 31.2 Å². The summed E-state index contributed by atoms with van der Waals surface area (Å²) < 4.78 is 0. The molecule has 1 unspecified atom stereocenters. The van der Waals surface area contributed by atoms with Gasteiger partial charge in [0, 0.05) is 0 Å². The van der Waals surface area contributed by atoms with Gasteiger partial charge in [-0.25, -0.2) is 9.59 Å². The molecule has 120 valence electrons. The SMILES string of the molecule is CC(O)CO.O=C(O)c1ccc(C(=O)O)cc1.OCCO. The van der Waals surface area contributed by atoms with Crippen LogP contribution in [0, 0.1) is 0 Å². The minimum Gasteiger partial charge on any atom is -0.478 e. The van der Waals surface area contributed by atoms with Crippen LogP contribution in [-0.2, 0) is 0 Å². The zero-order valence-corrected chi connectivity index (χ0v) is 11.5. The molecular weight excluding hydrogens is 284 g/mol. The molecular formula is C13H20O8. The Balaban J connectivity index is 0. The number of carbonyl (C=O) groups is 2. The molecule has 0 saturated carbocycles. The van der Waals surface area contributed by atoms with Crippen molar-refractivity contribution in [1.82, 2.24) is 0 Å². The van der Waals surface area contributed by atoms with E-state index in [-0.39, 0.29) is 30.9 Å². The molecule has 1 rings (SSSR count). The van der Waals surface area contributed by atoms with Crippen LogP contribution in [0.15, 0.2) is 24.3 Å². The smallest absolute Gasteiger partial charge is 0.335 e. The Kier molecular flexibility index (Phi) is 13.2. The highest BCUT2D eigenvalue weighted by atomic mass is 16.4. The maximum atomic E-state index is 10.3. The number of benzene rings is 1. The second kappa shape index (κ2) is 13.0. The van der Waals surface area contributed by atoms with Crippen LogP contribution in [0.3, 0.4) is 0 Å². The highest BCUT2D eigenvalue weighted by Crippen LogP contribution is 2.03. The van der Waals surface area contributed by atoms with Crippen molar-refractivity contribution in [2.75, 3.05) is 19.8 Å². The van der Waals surface area contributed by atoms with Crippen molar-refractivity contribution in [2.45, 2.75) is 13.0 Å². The number of carboxylic acid groups (broad SMARTS) is 2. The molecule has 0 saturated heterocycles. The fraction of sp³-hybridized carbons (Fsp3) is 0.385. The molecule has 8 nitrogen and oxygen atoms in total. The second-order valence-corrected chi connectivity index (χ2v) is 3.67. The van der Waals surface area contributed by atoms with Crippen LogP contribution in [0.2, 0.25) is 0 Å². The topological polar surface area (TPSA) is 156 Å². The molecule has 0 fully saturated rings. The molecule has 0 radical (unpaired) electrons. The zero-order valence-electron chi connectivity index (χ0n) is 11.5. The monoisotopic (exact) mass is 304 g/mol. The van der Waals surface area contributed by atoms with Crippen molar-refractivity contribution in [3.05, 3.63) is 35.4 Å². The molecule has 8 heteroatoms. The lowest BCUT2D eigenvalue weighted by Crippen LogP contribution is -2.03. The molecule has 0 aliphatic rings. The molecule has 1 atom stereocenters. The van der Waals surface area contributed by atoms with Gasteiger partial charge in [0.05, 0.1) is 37.1 Å². The molecule has 0 bridgehead atoms. The van der Waals surface area contributed by atoms with Gasteiger partial charge in [-0.1, -0.05) is 0 Å². The Labute approximate surface area is 121 Å². The third-order valence-electron chi connectivity index (χ3n) is 1.74. The Bertz CT molecular complexity index is 364. The number of hydrogen-bond donors (Lipinski definition) is 6. The van der Waals surface area contributed by atoms with Gasteiger partial charge in [-0.3, -0.25) is 0 Å². The lowest BCUT2D eigenvalue weighted by molar-refractivity contribution is 0.0681. The Morgan fingerprint density at radius 1 is 0.905 bits per heavy atom. The highest BCUT2D eigenvalue weighted by Gasteiger charge is 2.04. The second-order valence-electron chi connectivity index (χ2n) is 3.67. The summed E-state index contributed by atoms with van der Waals surface area (Å²) in [7, 11) is 0. The van der Waals surface area contributed by atoms with Crippen LogP contribution in [0.1, 0.15) is 27.6 Å². The normalized spacial score (nSPS) is 10.3. The first-order valence-corrected chi connectivity index (χ1v) is 5.87. The van der Waals surface area contributed by atoms with Crippen molar-refractivity contribution in [3.8, 4) is 0 Å².